The molecule has 0 aromatic rings. The lowest BCUT2D eigenvalue weighted by Crippen LogP contribution is -2.48. The van der Waals surface area contributed by atoms with Gasteiger partial charge in [0.05, 0.1) is 19.8 Å². The number of ketones is 1. The van der Waals surface area contributed by atoms with E-state index in [1.54, 1.807) is 0 Å². The molecule has 0 aliphatic heterocycles. The van der Waals surface area contributed by atoms with Crippen LogP contribution in [0.15, 0.2) is 25.3 Å². The number of unbranched alkanes of at least 4 members (excludes halogenated alkanes) is 1. The summed E-state index contributed by atoms with van der Waals surface area (Å²) >= 11 is 0. The molecular weight excluding hydrogens is 430 g/mol. The van der Waals surface area contributed by atoms with Gasteiger partial charge >= 0.3 is 0 Å². The van der Waals surface area contributed by atoms with Crippen molar-refractivity contribution in [2.24, 2.45) is 16.2 Å². The fourth-order valence-electron chi connectivity index (χ4n) is 3.35. The molecule has 198 valence electrons. The van der Waals surface area contributed by atoms with Crippen LogP contribution < -0.4 is 5.32 Å². The molecule has 1 N–H and O–H groups in total. The van der Waals surface area contributed by atoms with Crippen LogP contribution in [0.5, 0.6) is 0 Å². The highest BCUT2D eigenvalue weighted by atomic mass is 16.5. The Balaban J connectivity index is 4.88. The molecule has 0 aliphatic carbocycles. The largest absolute Gasteiger partial charge is 0.381 e. The highest BCUT2D eigenvalue weighted by molar-refractivity contribution is 5.88. The number of hydrogen-bond donors (Lipinski definition) is 1. The first-order valence-corrected chi connectivity index (χ1v) is 12.7. The normalized spacial score (nSPS) is 13.8. The predicted molar refractivity (Wildman–Crippen MR) is 140 cm³/mol. The molecule has 6 nitrogen and oxygen atoms in total. The van der Waals surface area contributed by atoms with Crippen LogP contribution in [-0.2, 0) is 23.8 Å². The van der Waals surface area contributed by atoms with Crippen molar-refractivity contribution in [3.63, 3.8) is 0 Å². The van der Waals surface area contributed by atoms with E-state index in [4.69, 9.17) is 14.2 Å². The van der Waals surface area contributed by atoms with E-state index in [-0.39, 0.29) is 22.5 Å². The van der Waals surface area contributed by atoms with Gasteiger partial charge in [-0.15, -0.1) is 0 Å². The van der Waals surface area contributed by atoms with Crippen LogP contribution in [-0.4, -0.2) is 57.9 Å². The van der Waals surface area contributed by atoms with Gasteiger partial charge in [-0.25, -0.2) is 0 Å². The number of rotatable bonds is 20. The summed E-state index contributed by atoms with van der Waals surface area (Å²) in [6.07, 6.45) is 7.65. The zero-order chi connectivity index (χ0) is 26.1. The topological polar surface area (TPSA) is 73.9 Å². The van der Waals surface area contributed by atoms with Gasteiger partial charge in [0, 0.05) is 38.2 Å². The molecule has 0 bridgehead atoms. The number of ether oxygens (including phenoxy) is 3. The molecule has 0 fully saturated rings. The molecule has 0 saturated carbocycles. The van der Waals surface area contributed by atoms with Gasteiger partial charge in [0.25, 0.3) is 0 Å². The Morgan fingerprint density at radius 1 is 0.765 bits per heavy atom. The van der Waals surface area contributed by atoms with E-state index in [0.717, 1.165) is 32.1 Å². The second-order valence-electron chi connectivity index (χ2n) is 11.3. The second kappa shape index (κ2) is 17.0. The molecule has 1 amide bonds. The zero-order valence-corrected chi connectivity index (χ0v) is 22.8. The van der Waals surface area contributed by atoms with Crippen molar-refractivity contribution >= 4 is 11.7 Å². The zero-order valence-electron chi connectivity index (χ0n) is 22.8. The van der Waals surface area contributed by atoms with Crippen LogP contribution >= 0.6 is 0 Å². The average molecular weight is 482 g/mol. The van der Waals surface area contributed by atoms with E-state index in [1.807, 2.05) is 0 Å². The van der Waals surface area contributed by atoms with Crippen LogP contribution in [0.4, 0.5) is 0 Å². The Morgan fingerprint density at radius 2 is 1.29 bits per heavy atom. The summed E-state index contributed by atoms with van der Waals surface area (Å²) in [5.74, 6) is -0.0961. The molecule has 0 aliphatic rings. The molecule has 0 spiro atoms. The quantitative estimate of drug-likeness (QED) is 0.183. The van der Waals surface area contributed by atoms with Crippen molar-refractivity contribution in [2.75, 3.05) is 46.2 Å². The monoisotopic (exact) mass is 481 g/mol. The summed E-state index contributed by atoms with van der Waals surface area (Å²) in [5.41, 5.74) is -0.117. The van der Waals surface area contributed by atoms with Crippen LogP contribution in [0, 0.1) is 16.2 Å². The van der Waals surface area contributed by atoms with E-state index in [2.05, 4.69) is 60.0 Å². The highest BCUT2D eigenvalue weighted by Gasteiger charge is 2.43. The van der Waals surface area contributed by atoms with Crippen LogP contribution in [0.2, 0.25) is 0 Å². The van der Waals surface area contributed by atoms with E-state index < -0.39 is 0 Å². The van der Waals surface area contributed by atoms with Gasteiger partial charge in [-0.2, -0.15) is 0 Å². The summed E-state index contributed by atoms with van der Waals surface area (Å²) in [6, 6.07) is 0. The summed E-state index contributed by atoms with van der Waals surface area (Å²) in [5, 5.41) is 2.77. The molecule has 6 heteroatoms. The minimum absolute atomic E-state index is 0.0744. The van der Waals surface area contributed by atoms with Gasteiger partial charge < -0.3 is 19.5 Å². The van der Waals surface area contributed by atoms with Crippen LogP contribution in [0.3, 0.4) is 0 Å². The highest BCUT2D eigenvalue weighted by Crippen LogP contribution is 2.40. The molecule has 0 saturated heterocycles. The third kappa shape index (κ3) is 15.4. The number of amides is 1. The Kier molecular flexibility index (Phi) is 16.3. The number of nitrogens with one attached hydrogen (secondary N) is 1. The minimum Gasteiger partial charge on any atom is -0.381 e. The first-order chi connectivity index (χ1) is 15.9. The molecule has 1 unspecified atom stereocenters. The average Bonchev–Trinajstić information content (AvgIpc) is 2.75. The lowest BCUT2D eigenvalue weighted by Gasteiger charge is -2.44. The lowest BCUT2D eigenvalue weighted by molar-refractivity contribution is -0.124. The predicted octanol–water partition coefficient (Wildman–Crippen LogP) is 5.51. The van der Waals surface area contributed by atoms with Gasteiger partial charge in [-0.05, 0) is 55.1 Å². The van der Waals surface area contributed by atoms with Crippen LogP contribution in [0.1, 0.15) is 80.1 Å². The second-order valence-corrected chi connectivity index (χ2v) is 11.3. The Morgan fingerprint density at radius 3 is 1.76 bits per heavy atom. The Bertz CT molecular complexity index is 569. The van der Waals surface area contributed by atoms with E-state index in [1.165, 1.54) is 12.2 Å². The van der Waals surface area contributed by atoms with Crippen LogP contribution in [0.25, 0.3) is 0 Å². The number of carbonyl (C=O) groups is 2. The molecule has 1 atom stereocenters. The molecule has 0 aromatic heterocycles. The maximum Gasteiger partial charge on any atom is 0.243 e. The molecule has 0 rings (SSSR count). The summed E-state index contributed by atoms with van der Waals surface area (Å²) in [6.45, 7) is 24.3. The Labute approximate surface area is 208 Å². The van der Waals surface area contributed by atoms with Gasteiger partial charge in [0.15, 0.2) is 5.78 Å². The molecular formula is C28H51NO5. The molecule has 0 aromatic carbocycles. The van der Waals surface area contributed by atoms with Gasteiger partial charge in [0.1, 0.15) is 0 Å². The third-order valence-electron chi connectivity index (χ3n) is 6.08. The molecule has 34 heavy (non-hydrogen) atoms. The maximum atomic E-state index is 11.4. The molecule has 0 heterocycles. The SMILES string of the molecule is C=CC(=O)CCCCOCC(COCCCNC(=O)C=C)(COCCCC(C)(C)C)C(C)(C)C. The maximum absolute atomic E-state index is 11.4. The first kappa shape index (κ1) is 32.5. The number of hydrogen-bond acceptors (Lipinski definition) is 5. The summed E-state index contributed by atoms with van der Waals surface area (Å²) in [7, 11) is 0. The summed E-state index contributed by atoms with van der Waals surface area (Å²) < 4.78 is 18.4. The van der Waals surface area contributed by atoms with Gasteiger partial charge in [-0.1, -0.05) is 54.7 Å². The lowest BCUT2D eigenvalue weighted by atomic mass is 9.68. The fraction of sp³-hybridized carbons (Fsp3) is 0.786. The van der Waals surface area contributed by atoms with Crippen molar-refractivity contribution < 1.29 is 23.8 Å². The number of allylic oxidation sites excluding steroid dienone is 1. The molecule has 0 radical (unpaired) electrons. The van der Waals surface area contributed by atoms with Crippen molar-refractivity contribution in [1.82, 2.24) is 5.32 Å². The van der Waals surface area contributed by atoms with Crippen molar-refractivity contribution in [2.45, 2.75) is 80.1 Å². The van der Waals surface area contributed by atoms with E-state index in [0.29, 0.717) is 58.0 Å². The Hall–Kier alpha value is -1.50. The van der Waals surface area contributed by atoms with Crippen molar-refractivity contribution in [3.8, 4) is 0 Å². The van der Waals surface area contributed by atoms with Gasteiger partial charge in [-0.3, -0.25) is 9.59 Å². The minimum atomic E-state index is -0.309. The fourth-order valence-corrected chi connectivity index (χ4v) is 3.35. The summed E-state index contributed by atoms with van der Waals surface area (Å²) in [4.78, 5) is 22.7. The van der Waals surface area contributed by atoms with E-state index >= 15 is 0 Å². The standard InChI is InChI=1S/C28H51NO5/c1-9-24(30)15-11-12-18-32-21-28(27(6,7)8,22-33-19-13-16-26(3,4)5)23-34-20-14-17-29-25(31)10-2/h9-10H,1-2,11-23H2,3-8H3,(H,29,31). The first-order valence-electron chi connectivity index (χ1n) is 12.7. The number of carbonyl (C=O) groups excluding carboxylic acids is 2. The van der Waals surface area contributed by atoms with E-state index in [9.17, 15) is 9.59 Å². The van der Waals surface area contributed by atoms with Crippen molar-refractivity contribution in [1.29, 1.82) is 0 Å². The smallest absolute Gasteiger partial charge is 0.243 e. The van der Waals surface area contributed by atoms with Gasteiger partial charge in [0.2, 0.25) is 5.91 Å². The third-order valence-corrected chi connectivity index (χ3v) is 6.08. The van der Waals surface area contributed by atoms with Crippen molar-refractivity contribution in [3.05, 3.63) is 25.3 Å².